The Bertz CT molecular complexity index is 852. The van der Waals surface area contributed by atoms with Gasteiger partial charge in [-0.05, 0) is 26.7 Å². The second-order valence-electron chi connectivity index (χ2n) is 8.65. The van der Waals surface area contributed by atoms with E-state index in [0.29, 0.717) is 31.7 Å². The Kier molecular flexibility index (Phi) is 22.3. The van der Waals surface area contributed by atoms with E-state index in [2.05, 4.69) is 26.6 Å². The zero-order chi connectivity index (χ0) is 31.8. The summed E-state index contributed by atoms with van der Waals surface area (Å²) in [6.45, 7) is 3.70. The number of alkyl carbamates (subject to hydrolysis) is 2. The molecule has 242 valence electrons. The molecule has 0 aromatic rings. The summed E-state index contributed by atoms with van der Waals surface area (Å²) in [6.07, 6.45) is -0.811. The van der Waals surface area contributed by atoms with E-state index >= 15 is 0 Å². The summed E-state index contributed by atoms with van der Waals surface area (Å²) in [5.41, 5.74) is 10.9. The van der Waals surface area contributed by atoms with Gasteiger partial charge in [-0.3, -0.25) is 19.2 Å². The lowest BCUT2D eigenvalue weighted by atomic mass is 10.2. The van der Waals surface area contributed by atoms with Gasteiger partial charge in [0.2, 0.25) is 23.6 Å². The van der Waals surface area contributed by atoms with Gasteiger partial charge in [-0.25, -0.2) is 9.59 Å². The van der Waals surface area contributed by atoms with Gasteiger partial charge < -0.3 is 57.4 Å². The van der Waals surface area contributed by atoms with Crippen molar-refractivity contribution < 1.29 is 48.1 Å². The minimum Gasteiger partial charge on any atom is -0.450 e. The fraction of sp³-hybridized carbons (Fsp3) is 0.750. The van der Waals surface area contributed by atoms with Crippen LogP contribution >= 0.6 is 11.8 Å². The van der Waals surface area contributed by atoms with E-state index in [-0.39, 0.29) is 45.1 Å². The molecule has 42 heavy (non-hydrogen) atoms. The summed E-state index contributed by atoms with van der Waals surface area (Å²) in [5, 5.41) is 21.8. The first-order valence-corrected chi connectivity index (χ1v) is 14.7. The van der Waals surface area contributed by atoms with Gasteiger partial charge in [0.25, 0.3) is 0 Å². The summed E-state index contributed by atoms with van der Waals surface area (Å²) < 4.78 is 15.6. The summed E-state index contributed by atoms with van der Waals surface area (Å²) >= 11 is 1.26. The lowest BCUT2D eigenvalue weighted by molar-refractivity contribution is -0.130. The number of aliphatic hydroxyl groups excluding tert-OH is 1. The topological polar surface area (TPSA) is 263 Å². The molecule has 3 unspecified atom stereocenters. The Balaban J connectivity index is 4.45. The quantitative estimate of drug-likeness (QED) is 0.0540. The van der Waals surface area contributed by atoms with Gasteiger partial charge in [0.05, 0.1) is 39.0 Å². The molecule has 0 saturated carbocycles. The minimum absolute atomic E-state index is 0.00254. The van der Waals surface area contributed by atoms with Gasteiger partial charge in [-0.15, -0.1) is 0 Å². The molecule has 0 fully saturated rings. The number of amides is 6. The van der Waals surface area contributed by atoms with E-state index < -0.39 is 60.6 Å². The highest BCUT2D eigenvalue weighted by atomic mass is 32.2. The number of carbonyl (C=O) groups excluding carboxylic acids is 6. The molecule has 10 N–H and O–H groups in total. The van der Waals surface area contributed by atoms with Crippen LogP contribution in [0.25, 0.3) is 0 Å². The average molecular weight is 624 g/mol. The summed E-state index contributed by atoms with van der Waals surface area (Å²) in [4.78, 5) is 70.1. The van der Waals surface area contributed by atoms with Gasteiger partial charge in [0, 0.05) is 37.6 Å². The molecule has 0 saturated heterocycles. The van der Waals surface area contributed by atoms with E-state index in [0.717, 1.165) is 0 Å². The molecule has 0 rings (SSSR count). The van der Waals surface area contributed by atoms with Crippen LogP contribution in [-0.2, 0) is 33.4 Å². The third kappa shape index (κ3) is 20.5. The Morgan fingerprint density at radius 2 is 1.57 bits per heavy atom. The molecule has 0 heterocycles. The Morgan fingerprint density at radius 3 is 2.21 bits per heavy atom. The van der Waals surface area contributed by atoms with Crippen molar-refractivity contribution in [2.24, 2.45) is 11.5 Å². The lowest BCUT2D eigenvalue weighted by Gasteiger charge is -2.20. The maximum Gasteiger partial charge on any atom is 0.407 e. The number of ether oxygens (including phenoxy) is 3. The smallest absolute Gasteiger partial charge is 0.407 e. The number of nitrogens with one attached hydrogen (secondary N) is 5. The standard InChI is InChI=1S/C24H45N7O10S/c1-3-27-23(37)40-9-5-6-16(41-24(38)28-4-2)14-42-15-17(25)21(35)31-18(13-32)22(36)29-8-11-39-10-7-20(34)30-12-19(26)33/h16-18,32H,3-15,25H2,1-2H3,(H2,26,33)(H,27,37)(H,28,38)(H,29,36)(H,30,34)(H,31,35). The van der Waals surface area contributed by atoms with Crippen LogP contribution in [0.5, 0.6) is 0 Å². The van der Waals surface area contributed by atoms with Crippen LogP contribution in [0, 0.1) is 0 Å². The number of rotatable bonds is 23. The number of thioether (sulfide) groups is 1. The monoisotopic (exact) mass is 623 g/mol. The zero-order valence-corrected chi connectivity index (χ0v) is 24.9. The number of primary amides is 1. The van der Waals surface area contributed by atoms with Crippen molar-refractivity contribution in [3.63, 3.8) is 0 Å². The van der Waals surface area contributed by atoms with Crippen LogP contribution < -0.4 is 38.1 Å². The number of hydrogen-bond acceptors (Lipinski definition) is 12. The molecule has 18 heteroatoms. The highest BCUT2D eigenvalue weighted by Crippen LogP contribution is 2.13. The molecule has 3 atom stereocenters. The molecule has 0 aliphatic heterocycles. The van der Waals surface area contributed by atoms with Gasteiger partial charge >= 0.3 is 12.2 Å². The van der Waals surface area contributed by atoms with Gasteiger partial charge in [0.1, 0.15) is 12.1 Å². The first-order valence-electron chi connectivity index (χ1n) is 13.5. The second kappa shape index (κ2) is 24.3. The maximum atomic E-state index is 12.5. The van der Waals surface area contributed by atoms with Crippen LogP contribution in [-0.4, -0.2) is 123 Å². The predicted molar refractivity (Wildman–Crippen MR) is 153 cm³/mol. The van der Waals surface area contributed by atoms with Gasteiger partial charge in [-0.1, -0.05) is 0 Å². The van der Waals surface area contributed by atoms with Crippen molar-refractivity contribution in [1.82, 2.24) is 26.6 Å². The van der Waals surface area contributed by atoms with Crippen LogP contribution in [0.1, 0.15) is 33.1 Å². The maximum absolute atomic E-state index is 12.5. The fourth-order valence-corrected chi connectivity index (χ4v) is 4.01. The first kappa shape index (κ1) is 38.6. The van der Waals surface area contributed by atoms with Crippen molar-refractivity contribution in [1.29, 1.82) is 0 Å². The highest BCUT2D eigenvalue weighted by molar-refractivity contribution is 7.99. The highest BCUT2D eigenvalue weighted by Gasteiger charge is 2.24. The summed E-state index contributed by atoms with van der Waals surface area (Å²) in [7, 11) is 0. The molecule has 0 bridgehead atoms. The Hall–Kier alpha value is -3.35. The average Bonchev–Trinajstić information content (AvgIpc) is 2.94. The molecule has 6 amide bonds. The SMILES string of the molecule is CCNC(=O)OCCCC(CSCC(N)C(=O)NC(CO)C(=O)NCCOCCC(=O)NCC(N)=O)OC(=O)NCC. The zero-order valence-electron chi connectivity index (χ0n) is 24.1. The molecule has 0 aliphatic rings. The van der Waals surface area contributed by atoms with E-state index in [1.807, 2.05) is 0 Å². The van der Waals surface area contributed by atoms with E-state index in [4.69, 9.17) is 25.7 Å². The summed E-state index contributed by atoms with van der Waals surface area (Å²) in [6, 6.07) is -2.26. The molecular weight excluding hydrogens is 578 g/mol. The minimum atomic E-state index is -1.24. The number of nitrogens with two attached hydrogens (primary N) is 2. The summed E-state index contributed by atoms with van der Waals surface area (Å²) in [5.74, 6) is -1.94. The van der Waals surface area contributed by atoms with E-state index in [1.54, 1.807) is 13.8 Å². The Morgan fingerprint density at radius 1 is 0.881 bits per heavy atom. The van der Waals surface area contributed by atoms with Crippen molar-refractivity contribution in [3.8, 4) is 0 Å². The molecule has 0 spiro atoms. The lowest BCUT2D eigenvalue weighted by Crippen LogP contribution is -2.54. The molecule has 0 aromatic carbocycles. The third-order valence-electron chi connectivity index (χ3n) is 5.05. The normalized spacial score (nSPS) is 12.7. The Labute approximate surface area is 249 Å². The first-order chi connectivity index (χ1) is 20.0. The molecule has 0 aliphatic carbocycles. The number of carbonyl (C=O) groups is 6. The van der Waals surface area contributed by atoms with Crippen molar-refractivity contribution in [3.05, 3.63) is 0 Å². The fourth-order valence-electron chi connectivity index (χ4n) is 2.97. The van der Waals surface area contributed by atoms with Crippen molar-refractivity contribution >= 4 is 47.6 Å². The molecule has 0 aromatic heterocycles. The van der Waals surface area contributed by atoms with Crippen LogP contribution in [0.2, 0.25) is 0 Å². The second-order valence-corrected chi connectivity index (χ2v) is 9.73. The van der Waals surface area contributed by atoms with Crippen LogP contribution in [0.3, 0.4) is 0 Å². The molecule has 17 nitrogen and oxygen atoms in total. The largest absolute Gasteiger partial charge is 0.450 e. The number of aliphatic hydroxyl groups is 1. The predicted octanol–water partition coefficient (Wildman–Crippen LogP) is -2.71. The van der Waals surface area contributed by atoms with Gasteiger partial charge in [-0.2, -0.15) is 11.8 Å². The van der Waals surface area contributed by atoms with Crippen molar-refractivity contribution in [2.45, 2.75) is 51.3 Å². The molecule has 0 radical (unpaired) electrons. The third-order valence-corrected chi connectivity index (χ3v) is 6.25. The van der Waals surface area contributed by atoms with Gasteiger partial charge in [0.15, 0.2) is 0 Å². The van der Waals surface area contributed by atoms with Crippen LogP contribution in [0.15, 0.2) is 0 Å². The molecular formula is C24H45N7O10S. The number of hydrogen-bond donors (Lipinski definition) is 8. The van der Waals surface area contributed by atoms with E-state index in [9.17, 15) is 33.9 Å². The van der Waals surface area contributed by atoms with Crippen LogP contribution in [0.4, 0.5) is 9.59 Å². The van der Waals surface area contributed by atoms with E-state index in [1.165, 1.54) is 11.8 Å². The van der Waals surface area contributed by atoms with Crippen molar-refractivity contribution in [2.75, 3.05) is 64.1 Å².